The smallest absolute Gasteiger partial charge is 0.321 e. The van der Waals surface area contributed by atoms with Crippen molar-refractivity contribution < 1.29 is 29.7 Å². The number of hydrogen-bond acceptors (Lipinski definition) is 7. The van der Waals surface area contributed by atoms with E-state index in [4.69, 9.17) is 31.6 Å². The highest BCUT2D eigenvalue weighted by molar-refractivity contribution is 8.76. The van der Waals surface area contributed by atoms with Crippen molar-refractivity contribution in [2.75, 3.05) is 11.5 Å². The molecular formula is C7H14N2O6S2. The number of carboxylic acids is 2. The Labute approximate surface area is 105 Å². The molecule has 1 unspecified atom stereocenters. The SMILES string of the molecule is NC(CSSC[C@H](N)C(=O)O)C(=O)O.O=CO. The van der Waals surface area contributed by atoms with Crippen LogP contribution in [0.3, 0.4) is 0 Å². The van der Waals surface area contributed by atoms with Crippen LogP contribution in [0.1, 0.15) is 0 Å². The van der Waals surface area contributed by atoms with E-state index in [1.165, 1.54) is 21.6 Å². The monoisotopic (exact) mass is 286 g/mol. The third-order valence-electron chi connectivity index (χ3n) is 1.21. The fraction of sp³-hybridized carbons (Fsp3) is 0.571. The lowest BCUT2D eigenvalue weighted by atomic mass is 10.4. The first-order valence-corrected chi connectivity index (χ1v) is 6.64. The first kappa shape index (κ1) is 18.4. The van der Waals surface area contributed by atoms with Crippen LogP contribution in [0.2, 0.25) is 0 Å². The Bertz CT molecular complexity index is 231. The van der Waals surface area contributed by atoms with Gasteiger partial charge in [-0.25, -0.2) is 0 Å². The molecule has 2 atom stereocenters. The summed E-state index contributed by atoms with van der Waals surface area (Å²) in [6, 6.07) is -1.85. The summed E-state index contributed by atoms with van der Waals surface area (Å²) >= 11 is 0. The van der Waals surface area contributed by atoms with Crippen molar-refractivity contribution in [2.45, 2.75) is 12.1 Å². The molecule has 0 heterocycles. The Morgan fingerprint density at radius 2 is 1.29 bits per heavy atom. The summed E-state index contributed by atoms with van der Waals surface area (Å²) in [5, 5.41) is 23.7. The molecule has 0 fully saturated rings. The van der Waals surface area contributed by atoms with E-state index in [1.54, 1.807) is 0 Å². The maximum absolute atomic E-state index is 10.3. The normalized spacial score (nSPS) is 12.8. The number of nitrogens with two attached hydrogens (primary N) is 2. The number of carboxylic acid groups (broad SMARTS) is 3. The molecule has 10 heteroatoms. The Hall–Kier alpha value is -0.970. The summed E-state index contributed by atoms with van der Waals surface area (Å²) in [6.07, 6.45) is 0. The highest BCUT2D eigenvalue weighted by Crippen LogP contribution is 2.22. The fourth-order valence-electron chi connectivity index (χ4n) is 0.385. The molecule has 100 valence electrons. The zero-order valence-electron chi connectivity index (χ0n) is 8.68. The Kier molecular flexibility index (Phi) is 12.5. The van der Waals surface area contributed by atoms with E-state index < -0.39 is 24.0 Å². The second-order valence-electron chi connectivity index (χ2n) is 2.56. The lowest BCUT2D eigenvalue weighted by Crippen LogP contribution is -2.33. The van der Waals surface area contributed by atoms with Crippen LogP contribution < -0.4 is 11.5 Å². The second kappa shape index (κ2) is 11.5. The van der Waals surface area contributed by atoms with Gasteiger partial charge in [-0.2, -0.15) is 0 Å². The van der Waals surface area contributed by atoms with Crippen LogP contribution in [0, 0.1) is 0 Å². The van der Waals surface area contributed by atoms with Gasteiger partial charge in [0, 0.05) is 11.5 Å². The highest BCUT2D eigenvalue weighted by atomic mass is 33.1. The number of carbonyl (C=O) groups is 3. The number of rotatable bonds is 7. The van der Waals surface area contributed by atoms with Crippen molar-refractivity contribution in [3.05, 3.63) is 0 Å². The van der Waals surface area contributed by atoms with Gasteiger partial charge < -0.3 is 26.8 Å². The zero-order valence-corrected chi connectivity index (χ0v) is 10.3. The maximum atomic E-state index is 10.3. The van der Waals surface area contributed by atoms with E-state index in [9.17, 15) is 9.59 Å². The second-order valence-corrected chi connectivity index (χ2v) is 5.12. The highest BCUT2D eigenvalue weighted by Gasteiger charge is 2.14. The molecule has 0 aliphatic rings. The Morgan fingerprint density at radius 3 is 1.47 bits per heavy atom. The molecule has 7 N–H and O–H groups in total. The van der Waals surface area contributed by atoms with Gasteiger partial charge in [-0.05, 0) is 0 Å². The molecule has 0 radical (unpaired) electrons. The zero-order chi connectivity index (χ0) is 13.8. The molecule has 0 aromatic rings. The molecule has 0 spiro atoms. The van der Waals surface area contributed by atoms with Crippen LogP contribution in [0.4, 0.5) is 0 Å². The Morgan fingerprint density at radius 1 is 1.06 bits per heavy atom. The molecule has 17 heavy (non-hydrogen) atoms. The molecule has 0 amide bonds. The molecule has 0 aliphatic heterocycles. The molecule has 0 saturated carbocycles. The van der Waals surface area contributed by atoms with Gasteiger partial charge in [0.15, 0.2) is 0 Å². The van der Waals surface area contributed by atoms with E-state index in [2.05, 4.69) is 0 Å². The first-order valence-electron chi connectivity index (χ1n) is 4.15. The summed E-state index contributed by atoms with van der Waals surface area (Å²) in [6.45, 7) is -0.250. The van der Waals surface area contributed by atoms with E-state index in [0.717, 1.165) is 0 Å². The molecule has 0 aromatic heterocycles. The van der Waals surface area contributed by atoms with Gasteiger partial charge in [-0.1, -0.05) is 21.6 Å². The van der Waals surface area contributed by atoms with Crippen LogP contribution >= 0.6 is 21.6 Å². The van der Waals surface area contributed by atoms with Crippen LogP contribution in [0.25, 0.3) is 0 Å². The summed E-state index contributed by atoms with van der Waals surface area (Å²) < 4.78 is 0. The van der Waals surface area contributed by atoms with E-state index in [1.807, 2.05) is 0 Å². The molecule has 0 aliphatic carbocycles. The van der Waals surface area contributed by atoms with Gasteiger partial charge in [-0.3, -0.25) is 14.4 Å². The summed E-state index contributed by atoms with van der Waals surface area (Å²) in [5.74, 6) is -1.68. The largest absolute Gasteiger partial charge is 0.483 e. The standard InChI is InChI=1S/C6H12N2O4S2.CH2O2/c7-3(5(9)10)1-13-14-2-4(8)6(11)12;2-1-3/h3-4H,1-2,7-8H2,(H,9,10)(H,11,12);1H,(H,2,3)/t3-,4?;/m0./s1. The van der Waals surface area contributed by atoms with Crippen molar-refractivity contribution in [1.82, 2.24) is 0 Å². The van der Waals surface area contributed by atoms with E-state index in [-0.39, 0.29) is 18.0 Å². The topological polar surface area (TPSA) is 164 Å². The van der Waals surface area contributed by atoms with Crippen molar-refractivity contribution in [2.24, 2.45) is 11.5 Å². The first-order chi connectivity index (χ1) is 7.86. The summed E-state index contributed by atoms with van der Waals surface area (Å²) in [4.78, 5) is 28.9. The van der Waals surface area contributed by atoms with Crippen molar-refractivity contribution in [3.63, 3.8) is 0 Å². The van der Waals surface area contributed by atoms with Gasteiger partial charge in [0.25, 0.3) is 6.47 Å². The molecule has 0 aromatic carbocycles. The lowest BCUT2D eigenvalue weighted by molar-refractivity contribution is -0.138. The maximum Gasteiger partial charge on any atom is 0.321 e. The minimum atomic E-state index is -1.07. The van der Waals surface area contributed by atoms with E-state index in [0.29, 0.717) is 0 Å². The van der Waals surface area contributed by atoms with Crippen LogP contribution in [-0.2, 0) is 14.4 Å². The Balaban J connectivity index is 0. The van der Waals surface area contributed by atoms with Crippen LogP contribution in [0.15, 0.2) is 0 Å². The van der Waals surface area contributed by atoms with Gasteiger partial charge in [-0.15, -0.1) is 0 Å². The van der Waals surface area contributed by atoms with Crippen LogP contribution in [0.5, 0.6) is 0 Å². The predicted molar refractivity (Wildman–Crippen MR) is 64.8 cm³/mol. The van der Waals surface area contributed by atoms with Crippen molar-refractivity contribution in [3.8, 4) is 0 Å². The quantitative estimate of drug-likeness (QED) is 0.220. The average molecular weight is 286 g/mol. The molecule has 0 rings (SSSR count). The van der Waals surface area contributed by atoms with Crippen LogP contribution in [-0.4, -0.2) is 57.3 Å². The summed E-state index contributed by atoms with van der Waals surface area (Å²) in [5.41, 5.74) is 10.4. The predicted octanol–water partition coefficient (Wildman–Crippen LogP) is -1.11. The lowest BCUT2D eigenvalue weighted by Gasteiger charge is -2.07. The minimum absolute atomic E-state index is 0.229. The van der Waals surface area contributed by atoms with Gasteiger partial charge in [0.2, 0.25) is 0 Å². The van der Waals surface area contributed by atoms with Crippen molar-refractivity contribution in [1.29, 1.82) is 0 Å². The van der Waals surface area contributed by atoms with Gasteiger partial charge in [0.05, 0.1) is 0 Å². The molecule has 0 saturated heterocycles. The fourth-order valence-corrected chi connectivity index (χ4v) is 2.61. The number of aliphatic carboxylic acids is 2. The van der Waals surface area contributed by atoms with Crippen molar-refractivity contribution >= 4 is 40.0 Å². The minimum Gasteiger partial charge on any atom is -0.483 e. The third-order valence-corrected chi connectivity index (χ3v) is 3.69. The number of hydrogen-bond donors (Lipinski definition) is 5. The van der Waals surface area contributed by atoms with E-state index >= 15 is 0 Å². The van der Waals surface area contributed by atoms with Gasteiger partial charge in [0.1, 0.15) is 12.1 Å². The molecule has 8 nitrogen and oxygen atoms in total. The average Bonchev–Trinajstić information content (AvgIpc) is 2.24. The summed E-state index contributed by atoms with van der Waals surface area (Å²) in [7, 11) is 2.41. The molecular weight excluding hydrogens is 272 g/mol. The van der Waals surface area contributed by atoms with Gasteiger partial charge >= 0.3 is 11.9 Å². The molecule has 0 bridgehead atoms. The third kappa shape index (κ3) is 13.0.